The van der Waals surface area contributed by atoms with E-state index in [0.717, 1.165) is 0 Å². The van der Waals surface area contributed by atoms with E-state index in [1.54, 1.807) is 0 Å². The molecule has 0 heterocycles. The van der Waals surface area contributed by atoms with E-state index in [-0.39, 0.29) is 40.6 Å². The van der Waals surface area contributed by atoms with Crippen LogP contribution in [0.4, 0.5) is 0 Å². The third-order valence-electron chi connectivity index (χ3n) is 0. The molecule has 0 amide bonds. The van der Waals surface area contributed by atoms with Crippen molar-refractivity contribution in [3.63, 3.8) is 0 Å². The summed E-state index contributed by atoms with van der Waals surface area (Å²) < 4.78 is 0. The monoisotopic (exact) mass is 98.0 g/mol. The average molecular weight is 98.2 g/mol. The van der Waals surface area contributed by atoms with Crippen LogP contribution in [0.25, 0.3) is 0 Å². The Morgan fingerprint density at radius 3 is 0.800 bits per heavy atom. The van der Waals surface area contributed by atoms with Gasteiger partial charge in [0.05, 0.1) is 0 Å². The second-order valence-electron chi connectivity index (χ2n) is 0. The zero-order valence-corrected chi connectivity index (χ0v) is 5.74. The molecule has 0 N–H and O–H groups in total. The van der Waals surface area contributed by atoms with Crippen molar-refractivity contribution in [3.05, 3.63) is 26.3 Å². The predicted molar refractivity (Wildman–Crippen MR) is 30.5 cm³/mol. The number of hydrogen-bond acceptors (Lipinski definition) is 0. The Kier molecular flexibility index (Phi) is 416. The maximum Gasteiger partial charge on any atom is 2.00 e. The summed E-state index contributed by atoms with van der Waals surface area (Å²) in [6.07, 6.45) is 0. The molecule has 0 atom stereocenters. The smallest absolute Gasteiger partial charge is 1.00 e. The fourth-order valence-electron chi connectivity index (χ4n) is 0. The van der Waals surface area contributed by atoms with Crippen LogP contribution in [0.2, 0.25) is 0 Å². The van der Waals surface area contributed by atoms with Gasteiger partial charge in [0.1, 0.15) is 0 Å². The third-order valence-corrected chi connectivity index (χ3v) is 0. The van der Waals surface area contributed by atoms with E-state index in [0.29, 0.717) is 0 Å². The van der Waals surface area contributed by atoms with Gasteiger partial charge in [0, 0.05) is 0 Å². The van der Waals surface area contributed by atoms with Gasteiger partial charge in [-0.1, -0.05) is 0 Å². The summed E-state index contributed by atoms with van der Waals surface area (Å²) in [5.74, 6) is 0. The summed E-state index contributed by atoms with van der Waals surface area (Å²) in [6, 6.07) is 0. The maximum absolute atomic E-state index is 3.00. The van der Waals surface area contributed by atoms with E-state index < -0.39 is 0 Å². The molecule has 1 heteroatoms. The van der Waals surface area contributed by atoms with Crippen LogP contribution < -0.4 is 0 Å². The van der Waals surface area contributed by atoms with Gasteiger partial charge >= 0.3 is 37.7 Å². The van der Waals surface area contributed by atoms with Crippen LogP contribution >= 0.6 is 0 Å². The Labute approximate surface area is 66.5 Å². The first-order valence-corrected chi connectivity index (χ1v) is 1.000. The Morgan fingerprint density at radius 1 is 0.800 bits per heavy atom. The van der Waals surface area contributed by atoms with Crippen LogP contribution in [0, 0.1) is 0 Å². The minimum Gasteiger partial charge on any atom is -1.00 e. The summed E-state index contributed by atoms with van der Waals surface area (Å²) in [5.41, 5.74) is 0. The molecule has 0 fully saturated rings. The van der Waals surface area contributed by atoms with Crippen LogP contribution in [0.3, 0.4) is 0 Å². The Bertz CT molecular complexity index is 11.7. The van der Waals surface area contributed by atoms with E-state index in [9.17, 15) is 0 Å². The third kappa shape index (κ3) is 65.0. The van der Waals surface area contributed by atoms with Crippen LogP contribution in [-0.2, 0) is 0 Å². The molecule has 0 aliphatic heterocycles. The molecular formula is C4H10Ca. The molecule has 5 heavy (non-hydrogen) atoms. The Hall–Kier alpha value is 0.740. The first-order valence-electron chi connectivity index (χ1n) is 1.000. The topological polar surface area (TPSA) is 0 Å². The predicted octanol–water partition coefficient (Wildman–Crippen LogP) is 1.45. The average Bonchev–Trinajstić information content (AvgIpc) is 1.50. The van der Waals surface area contributed by atoms with Gasteiger partial charge < -0.3 is 2.85 Å². The molecule has 0 aliphatic rings. The number of rotatable bonds is 0. The fraction of sp³-hybridized carbons (Fsp3) is 0. The van der Waals surface area contributed by atoms with Crippen molar-refractivity contribution in [2.45, 2.75) is 0 Å². The van der Waals surface area contributed by atoms with Crippen LogP contribution in [0.5, 0.6) is 0 Å². The first kappa shape index (κ1) is 17.2. The summed E-state index contributed by atoms with van der Waals surface area (Å²) in [7, 11) is 0. The van der Waals surface area contributed by atoms with Crippen molar-refractivity contribution in [2.24, 2.45) is 0 Å². The molecular weight excluding hydrogens is 88.1 g/mol. The minimum atomic E-state index is 0. The Morgan fingerprint density at radius 2 is 0.800 bits per heavy atom. The van der Waals surface area contributed by atoms with Crippen molar-refractivity contribution >= 4 is 37.7 Å². The molecule has 0 nitrogen and oxygen atoms in total. The van der Waals surface area contributed by atoms with E-state index in [1.807, 2.05) is 0 Å². The molecule has 0 radical (unpaired) electrons. The molecule has 0 aromatic heterocycles. The van der Waals surface area contributed by atoms with Crippen molar-refractivity contribution in [2.75, 3.05) is 0 Å². The molecule has 0 saturated heterocycles. The van der Waals surface area contributed by atoms with Crippen molar-refractivity contribution in [1.29, 1.82) is 0 Å². The van der Waals surface area contributed by atoms with E-state index in [1.165, 1.54) is 0 Å². The molecule has 0 aliphatic carbocycles. The molecule has 0 aromatic rings. The van der Waals surface area contributed by atoms with Gasteiger partial charge in [-0.3, -0.25) is 0 Å². The van der Waals surface area contributed by atoms with Gasteiger partial charge in [-0.25, -0.2) is 0 Å². The summed E-state index contributed by atoms with van der Waals surface area (Å²) in [4.78, 5) is 0. The second-order valence-corrected chi connectivity index (χ2v) is 0. The van der Waals surface area contributed by atoms with Crippen molar-refractivity contribution < 1.29 is 2.85 Å². The molecule has 0 unspecified atom stereocenters. The van der Waals surface area contributed by atoms with E-state index in [2.05, 4.69) is 26.3 Å². The molecule has 28 valence electrons. The second kappa shape index (κ2) is 121. The minimum absolute atomic E-state index is 0. The largest absolute Gasteiger partial charge is 2.00 e. The zero-order valence-electron chi connectivity index (χ0n) is 5.54. The normalized spacial score (nSPS) is 1.60. The van der Waals surface area contributed by atoms with Gasteiger partial charge in [0.15, 0.2) is 0 Å². The summed E-state index contributed by atoms with van der Waals surface area (Å²) >= 11 is 0. The quantitative estimate of drug-likeness (QED) is 0.318. The summed E-state index contributed by atoms with van der Waals surface area (Å²) in [6.45, 7) is 12.0. The van der Waals surface area contributed by atoms with Gasteiger partial charge in [0.2, 0.25) is 0 Å². The van der Waals surface area contributed by atoms with Crippen LogP contribution in [0.1, 0.15) is 2.85 Å². The molecule has 0 rings (SSSR count). The van der Waals surface area contributed by atoms with Gasteiger partial charge in [-0.2, -0.15) is 0 Å². The van der Waals surface area contributed by atoms with Crippen molar-refractivity contribution in [1.82, 2.24) is 0 Å². The van der Waals surface area contributed by atoms with E-state index in [4.69, 9.17) is 0 Å². The fourth-order valence-corrected chi connectivity index (χ4v) is 0. The molecule has 0 aromatic carbocycles. The molecule has 0 bridgehead atoms. The van der Waals surface area contributed by atoms with Crippen LogP contribution in [0.15, 0.2) is 26.3 Å². The van der Waals surface area contributed by atoms with Gasteiger partial charge in [-0.05, 0) is 0 Å². The van der Waals surface area contributed by atoms with Gasteiger partial charge in [0.25, 0.3) is 0 Å². The number of hydrogen-bond donors (Lipinski definition) is 0. The zero-order chi connectivity index (χ0) is 4.00. The molecule has 0 saturated carbocycles. The maximum atomic E-state index is 3.00. The standard InChI is InChI=1S/2C2H4.Ca.2H/c2*1-2;;;/h2*1-2H2;;;/q;;+2;2*-1. The van der Waals surface area contributed by atoms with Crippen LogP contribution in [-0.4, -0.2) is 37.7 Å². The first-order chi connectivity index (χ1) is 2.00. The Balaban J connectivity index is -0.00000000267. The van der Waals surface area contributed by atoms with Gasteiger partial charge in [-0.15, -0.1) is 26.3 Å². The summed E-state index contributed by atoms with van der Waals surface area (Å²) in [5, 5.41) is 0. The van der Waals surface area contributed by atoms with Crippen molar-refractivity contribution in [3.8, 4) is 0 Å². The van der Waals surface area contributed by atoms with E-state index >= 15 is 0 Å². The molecule has 0 spiro atoms. The SMILES string of the molecule is C=C.C=C.[Ca+2].[H-].[H-].